The highest BCUT2D eigenvalue weighted by molar-refractivity contribution is 8.02. The van der Waals surface area contributed by atoms with Crippen LogP contribution in [-0.2, 0) is 0 Å². The maximum Gasteiger partial charge on any atom is 0.212 e. The molecule has 0 fully saturated rings. The quantitative estimate of drug-likeness (QED) is 0.410. The second-order valence-corrected chi connectivity index (χ2v) is 8.70. The predicted octanol–water partition coefficient (Wildman–Crippen LogP) is 5.21. The van der Waals surface area contributed by atoms with Crippen molar-refractivity contribution in [3.05, 3.63) is 93.9 Å². The number of carbonyl (C=O) groups is 2. The third-order valence-corrected chi connectivity index (χ3v) is 6.56. The van der Waals surface area contributed by atoms with Crippen LogP contribution in [-0.4, -0.2) is 21.5 Å². The van der Waals surface area contributed by atoms with Gasteiger partial charge in [-0.1, -0.05) is 60.7 Å². The van der Waals surface area contributed by atoms with Crippen molar-refractivity contribution in [1.29, 1.82) is 0 Å². The van der Waals surface area contributed by atoms with Crippen molar-refractivity contribution < 1.29 is 9.59 Å². The Hall–Kier alpha value is -2.61. The molecule has 4 nitrogen and oxygen atoms in total. The summed E-state index contributed by atoms with van der Waals surface area (Å²) in [5.74, 6) is -0.199. The van der Waals surface area contributed by atoms with Crippen LogP contribution in [0.1, 0.15) is 32.1 Å². The van der Waals surface area contributed by atoms with E-state index in [2.05, 4.69) is 9.97 Å². The summed E-state index contributed by atoms with van der Waals surface area (Å²) in [6.45, 7) is 0. The summed E-state index contributed by atoms with van der Waals surface area (Å²) in [6, 6.07) is 18.2. The van der Waals surface area contributed by atoms with Crippen molar-refractivity contribution in [3.63, 3.8) is 0 Å². The monoisotopic (exact) mass is 408 g/mol. The fourth-order valence-electron chi connectivity index (χ4n) is 2.37. The fourth-order valence-corrected chi connectivity index (χ4v) is 5.16. The molecule has 0 spiro atoms. The van der Waals surface area contributed by atoms with E-state index in [1.54, 1.807) is 35.0 Å². The summed E-state index contributed by atoms with van der Waals surface area (Å²) in [5, 5.41) is 3.50. The first-order chi connectivity index (χ1) is 13.2. The van der Waals surface area contributed by atoms with Gasteiger partial charge in [-0.25, -0.2) is 9.97 Å². The molecule has 0 radical (unpaired) electrons. The van der Waals surface area contributed by atoms with Crippen LogP contribution in [0.25, 0.3) is 0 Å². The van der Waals surface area contributed by atoms with Crippen molar-refractivity contribution in [2.24, 2.45) is 0 Å². The molecule has 2 aromatic heterocycles. The van der Waals surface area contributed by atoms with Gasteiger partial charge in [0.2, 0.25) is 11.6 Å². The minimum absolute atomic E-state index is 0.0993. The van der Waals surface area contributed by atoms with E-state index in [1.165, 1.54) is 34.4 Å². The Bertz CT molecular complexity index is 1000. The smallest absolute Gasteiger partial charge is 0.212 e. The molecule has 7 heteroatoms. The number of thiazole rings is 2. The number of aromatic nitrogens is 2. The van der Waals surface area contributed by atoms with Crippen LogP contribution in [0.5, 0.6) is 0 Å². The largest absolute Gasteiger partial charge is 0.287 e. The number of ketones is 2. The van der Waals surface area contributed by atoms with Crippen molar-refractivity contribution in [2.75, 3.05) is 0 Å². The minimum Gasteiger partial charge on any atom is -0.287 e. The second-order valence-electron chi connectivity index (χ2n) is 5.49. The van der Waals surface area contributed by atoms with E-state index in [1.807, 2.05) is 36.4 Å². The molecule has 132 valence electrons. The van der Waals surface area contributed by atoms with E-state index in [0.717, 1.165) is 8.68 Å². The molecule has 0 atom stereocenters. The van der Waals surface area contributed by atoms with Crippen molar-refractivity contribution in [2.45, 2.75) is 8.68 Å². The predicted molar refractivity (Wildman–Crippen MR) is 108 cm³/mol. The average Bonchev–Trinajstić information content (AvgIpc) is 3.38. The van der Waals surface area contributed by atoms with Gasteiger partial charge in [0, 0.05) is 21.9 Å². The third kappa shape index (κ3) is 4.05. The van der Waals surface area contributed by atoms with E-state index >= 15 is 0 Å². The molecular weight excluding hydrogens is 396 g/mol. The first-order valence-corrected chi connectivity index (χ1v) is 10.6. The number of hydrogen-bond acceptors (Lipinski definition) is 7. The molecule has 0 aliphatic heterocycles. The Morgan fingerprint density at radius 3 is 1.48 bits per heavy atom. The summed E-state index contributed by atoms with van der Waals surface area (Å²) in [4.78, 5) is 33.7. The van der Waals surface area contributed by atoms with E-state index in [9.17, 15) is 9.59 Å². The summed E-state index contributed by atoms with van der Waals surface area (Å²) in [6.07, 6.45) is 0. The topological polar surface area (TPSA) is 59.9 Å². The highest BCUT2D eigenvalue weighted by Crippen LogP contribution is 2.33. The molecule has 4 rings (SSSR count). The molecular formula is C20H12N2O2S3. The number of hydrogen-bond donors (Lipinski definition) is 0. The van der Waals surface area contributed by atoms with Gasteiger partial charge in [0.05, 0.1) is 0 Å². The molecule has 0 aliphatic carbocycles. The molecule has 2 heterocycles. The molecule has 0 amide bonds. The zero-order valence-electron chi connectivity index (χ0n) is 13.9. The standard InChI is InChI=1S/C20H12N2O2S3/c23-17(13-7-3-1-4-8-13)15-11-25-19(21-15)27-20-22-16(12-26-20)18(24)14-9-5-2-6-10-14/h1-12H. The highest BCUT2D eigenvalue weighted by atomic mass is 32.2. The minimum atomic E-state index is -0.0993. The summed E-state index contributed by atoms with van der Waals surface area (Å²) in [5.41, 5.74) is 2.07. The van der Waals surface area contributed by atoms with Gasteiger partial charge < -0.3 is 0 Å². The molecule has 2 aromatic carbocycles. The van der Waals surface area contributed by atoms with Crippen LogP contribution in [0, 0.1) is 0 Å². The molecule has 0 bridgehead atoms. The normalized spacial score (nSPS) is 10.7. The SMILES string of the molecule is O=C(c1ccccc1)c1csc(Sc2nc(C(=O)c3ccccc3)cs2)n1. The Morgan fingerprint density at radius 1 is 0.667 bits per heavy atom. The van der Waals surface area contributed by atoms with Gasteiger partial charge >= 0.3 is 0 Å². The van der Waals surface area contributed by atoms with Crippen LogP contribution in [0.3, 0.4) is 0 Å². The van der Waals surface area contributed by atoms with Crippen LogP contribution in [0.15, 0.2) is 80.1 Å². The van der Waals surface area contributed by atoms with Crippen LogP contribution >= 0.6 is 34.4 Å². The average molecular weight is 409 g/mol. The van der Waals surface area contributed by atoms with Gasteiger partial charge in [-0.15, -0.1) is 22.7 Å². The lowest BCUT2D eigenvalue weighted by molar-refractivity contribution is 0.102. The van der Waals surface area contributed by atoms with Gasteiger partial charge in [0.15, 0.2) is 8.68 Å². The molecule has 0 unspecified atom stereocenters. The zero-order chi connectivity index (χ0) is 18.6. The van der Waals surface area contributed by atoms with Gasteiger partial charge in [-0.2, -0.15) is 0 Å². The highest BCUT2D eigenvalue weighted by Gasteiger charge is 2.16. The van der Waals surface area contributed by atoms with E-state index in [4.69, 9.17) is 0 Å². The lowest BCUT2D eigenvalue weighted by Gasteiger charge is -1.96. The zero-order valence-corrected chi connectivity index (χ0v) is 16.3. The summed E-state index contributed by atoms with van der Waals surface area (Å²) < 4.78 is 1.45. The van der Waals surface area contributed by atoms with E-state index in [0.29, 0.717) is 22.5 Å². The molecule has 0 saturated heterocycles. The molecule has 0 aliphatic rings. The van der Waals surface area contributed by atoms with E-state index in [-0.39, 0.29) is 11.6 Å². The Morgan fingerprint density at radius 2 is 1.07 bits per heavy atom. The van der Waals surface area contributed by atoms with Crippen molar-refractivity contribution in [3.8, 4) is 0 Å². The third-order valence-electron chi connectivity index (χ3n) is 3.68. The number of nitrogens with zero attached hydrogens (tertiary/aromatic N) is 2. The fraction of sp³-hybridized carbons (Fsp3) is 0. The number of rotatable bonds is 6. The van der Waals surface area contributed by atoms with Gasteiger partial charge in [-0.05, 0) is 11.8 Å². The lowest BCUT2D eigenvalue weighted by Crippen LogP contribution is -2.01. The molecule has 27 heavy (non-hydrogen) atoms. The maximum atomic E-state index is 12.4. The van der Waals surface area contributed by atoms with Gasteiger partial charge in [-0.3, -0.25) is 9.59 Å². The Kier molecular flexibility index (Phi) is 5.24. The summed E-state index contributed by atoms with van der Waals surface area (Å²) >= 11 is 4.15. The number of carbonyl (C=O) groups excluding carboxylic acids is 2. The molecule has 4 aromatic rings. The van der Waals surface area contributed by atoms with Crippen LogP contribution in [0.2, 0.25) is 0 Å². The van der Waals surface area contributed by atoms with Crippen molar-refractivity contribution >= 4 is 46.0 Å². The van der Waals surface area contributed by atoms with Crippen LogP contribution in [0.4, 0.5) is 0 Å². The lowest BCUT2D eigenvalue weighted by atomic mass is 10.1. The number of benzene rings is 2. The summed E-state index contributed by atoms with van der Waals surface area (Å²) in [7, 11) is 0. The van der Waals surface area contributed by atoms with E-state index < -0.39 is 0 Å². The van der Waals surface area contributed by atoms with Crippen molar-refractivity contribution in [1.82, 2.24) is 9.97 Å². The van der Waals surface area contributed by atoms with Crippen LogP contribution < -0.4 is 0 Å². The molecule has 0 N–H and O–H groups in total. The molecule has 0 saturated carbocycles. The Balaban J connectivity index is 1.48. The second kappa shape index (κ2) is 7.96. The van der Waals surface area contributed by atoms with Gasteiger partial charge in [0.25, 0.3) is 0 Å². The maximum absolute atomic E-state index is 12.4. The van der Waals surface area contributed by atoms with Gasteiger partial charge in [0.1, 0.15) is 11.4 Å². The first kappa shape index (κ1) is 17.8. The first-order valence-electron chi connectivity index (χ1n) is 7.99. The Labute approximate surface area is 167 Å².